The first-order valence-electron chi connectivity index (χ1n) is 4.54. The van der Waals surface area contributed by atoms with E-state index in [4.69, 9.17) is 18.9 Å². The van der Waals surface area contributed by atoms with Gasteiger partial charge in [-0.2, -0.15) is 0 Å². The van der Waals surface area contributed by atoms with Crippen molar-refractivity contribution in [3.8, 4) is 0 Å². The molecule has 0 aromatic rings. The Kier molecular flexibility index (Phi) is 3.51. The standard InChI is InChI=1S/C8H15NO4/c1(7-3-12-7)10-5-9-6-11-2-8-4-13-8/h7-9H,1-6H2. The summed E-state index contributed by atoms with van der Waals surface area (Å²) in [6.07, 6.45) is 0.671. The quantitative estimate of drug-likeness (QED) is 0.311. The van der Waals surface area contributed by atoms with Gasteiger partial charge < -0.3 is 18.9 Å². The molecule has 0 amide bonds. The van der Waals surface area contributed by atoms with Gasteiger partial charge in [-0.15, -0.1) is 0 Å². The van der Waals surface area contributed by atoms with E-state index in [1.165, 1.54) is 0 Å². The van der Waals surface area contributed by atoms with Crippen LogP contribution in [0.5, 0.6) is 0 Å². The van der Waals surface area contributed by atoms with Crippen LogP contribution in [-0.2, 0) is 18.9 Å². The molecule has 0 spiro atoms. The largest absolute Gasteiger partial charge is 0.371 e. The molecule has 13 heavy (non-hydrogen) atoms. The minimum atomic E-state index is 0.336. The Morgan fingerprint density at radius 1 is 1.00 bits per heavy atom. The zero-order chi connectivity index (χ0) is 8.93. The van der Waals surface area contributed by atoms with E-state index in [0.717, 1.165) is 13.2 Å². The molecule has 5 nitrogen and oxygen atoms in total. The van der Waals surface area contributed by atoms with Crippen LogP contribution in [0.3, 0.4) is 0 Å². The van der Waals surface area contributed by atoms with Crippen molar-refractivity contribution in [3.63, 3.8) is 0 Å². The highest BCUT2D eigenvalue weighted by Gasteiger charge is 2.22. The summed E-state index contributed by atoms with van der Waals surface area (Å²) in [5.74, 6) is 0. The topological polar surface area (TPSA) is 55.5 Å². The molecule has 2 aliphatic rings. The predicted octanol–water partition coefficient (Wildman–Crippen LogP) is -0.678. The maximum atomic E-state index is 5.23. The average molecular weight is 189 g/mol. The van der Waals surface area contributed by atoms with Gasteiger partial charge in [0.25, 0.3) is 0 Å². The first-order chi connectivity index (χ1) is 6.45. The second-order valence-electron chi connectivity index (χ2n) is 3.19. The molecule has 0 saturated carbocycles. The summed E-state index contributed by atoms with van der Waals surface area (Å²) in [5, 5.41) is 3.00. The van der Waals surface area contributed by atoms with Crippen molar-refractivity contribution < 1.29 is 18.9 Å². The van der Waals surface area contributed by atoms with E-state index in [2.05, 4.69) is 5.32 Å². The highest BCUT2D eigenvalue weighted by atomic mass is 16.6. The number of rotatable bonds is 8. The number of ether oxygens (including phenoxy) is 4. The molecule has 0 bridgehead atoms. The number of epoxide rings is 2. The monoisotopic (exact) mass is 189 g/mol. The van der Waals surface area contributed by atoms with Crippen LogP contribution >= 0.6 is 0 Å². The fourth-order valence-electron chi connectivity index (χ4n) is 0.895. The van der Waals surface area contributed by atoms with Crippen LogP contribution in [0, 0.1) is 0 Å². The molecule has 76 valence electrons. The van der Waals surface area contributed by atoms with Crippen molar-refractivity contribution in [3.05, 3.63) is 0 Å². The van der Waals surface area contributed by atoms with E-state index in [1.807, 2.05) is 0 Å². The third-order valence-corrected chi connectivity index (χ3v) is 1.82. The first-order valence-corrected chi connectivity index (χ1v) is 4.54. The van der Waals surface area contributed by atoms with Crippen molar-refractivity contribution in [2.24, 2.45) is 0 Å². The molecule has 0 aromatic heterocycles. The zero-order valence-corrected chi connectivity index (χ0v) is 7.53. The summed E-state index contributed by atoms with van der Waals surface area (Å²) in [4.78, 5) is 0. The Morgan fingerprint density at radius 3 is 1.85 bits per heavy atom. The Balaban J connectivity index is 1.28. The van der Waals surface area contributed by atoms with Crippen LogP contribution in [0.15, 0.2) is 0 Å². The minimum absolute atomic E-state index is 0.336. The van der Waals surface area contributed by atoms with E-state index >= 15 is 0 Å². The van der Waals surface area contributed by atoms with Crippen molar-refractivity contribution in [1.29, 1.82) is 0 Å². The molecule has 5 heteroatoms. The van der Waals surface area contributed by atoms with Gasteiger partial charge in [0.2, 0.25) is 0 Å². The van der Waals surface area contributed by atoms with E-state index in [9.17, 15) is 0 Å². The molecular weight excluding hydrogens is 174 g/mol. The summed E-state index contributed by atoms with van der Waals surface area (Å²) in [6, 6.07) is 0. The molecule has 2 unspecified atom stereocenters. The van der Waals surface area contributed by atoms with Crippen molar-refractivity contribution in [2.45, 2.75) is 12.2 Å². The smallest absolute Gasteiger partial charge is 0.104 e. The molecule has 0 aromatic carbocycles. The van der Waals surface area contributed by atoms with Gasteiger partial charge in [0.05, 0.1) is 39.9 Å². The maximum absolute atomic E-state index is 5.23. The molecule has 2 atom stereocenters. The van der Waals surface area contributed by atoms with Crippen LogP contribution in [0.25, 0.3) is 0 Å². The van der Waals surface area contributed by atoms with Gasteiger partial charge in [-0.3, -0.25) is 5.32 Å². The summed E-state index contributed by atoms with van der Waals surface area (Å²) >= 11 is 0. The second-order valence-corrected chi connectivity index (χ2v) is 3.19. The van der Waals surface area contributed by atoms with Gasteiger partial charge >= 0.3 is 0 Å². The second kappa shape index (κ2) is 4.88. The van der Waals surface area contributed by atoms with Gasteiger partial charge in [0, 0.05) is 0 Å². The SMILES string of the molecule is C(NCOCC1CO1)OCC1CO1. The minimum Gasteiger partial charge on any atom is -0.371 e. The van der Waals surface area contributed by atoms with Gasteiger partial charge in [0.1, 0.15) is 12.2 Å². The van der Waals surface area contributed by atoms with Gasteiger partial charge in [-0.05, 0) is 0 Å². The maximum Gasteiger partial charge on any atom is 0.104 e. The van der Waals surface area contributed by atoms with Gasteiger partial charge in [-0.1, -0.05) is 0 Å². The summed E-state index contributed by atoms with van der Waals surface area (Å²) in [5.41, 5.74) is 0. The summed E-state index contributed by atoms with van der Waals surface area (Å²) in [7, 11) is 0. The molecular formula is C8H15NO4. The van der Waals surface area contributed by atoms with Gasteiger partial charge in [0.15, 0.2) is 0 Å². The molecule has 0 aliphatic carbocycles. The Morgan fingerprint density at radius 2 is 1.46 bits per heavy atom. The number of nitrogens with one attached hydrogen (secondary N) is 1. The van der Waals surface area contributed by atoms with E-state index < -0.39 is 0 Å². The van der Waals surface area contributed by atoms with Crippen LogP contribution < -0.4 is 5.32 Å². The predicted molar refractivity (Wildman–Crippen MR) is 44.3 cm³/mol. The molecule has 1 N–H and O–H groups in total. The Hall–Kier alpha value is -0.200. The normalized spacial score (nSPS) is 30.5. The fourth-order valence-corrected chi connectivity index (χ4v) is 0.895. The molecule has 2 rings (SSSR count). The Bertz CT molecular complexity index is 131. The highest BCUT2D eigenvalue weighted by Crippen LogP contribution is 2.08. The molecule has 2 fully saturated rings. The van der Waals surface area contributed by atoms with Gasteiger partial charge in [-0.25, -0.2) is 0 Å². The third kappa shape index (κ3) is 4.54. The lowest BCUT2D eigenvalue weighted by atomic mass is 10.5. The molecule has 0 radical (unpaired) electrons. The molecule has 2 heterocycles. The fraction of sp³-hybridized carbons (Fsp3) is 1.00. The molecule has 2 aliphatic heterocycles. The zero-order valence-electron chi connectivity index (χ0n) is 7.53. The van der Waals surface area contributed by atoms with Crippen LogP contribution in [0.4, 0.5) is 0 Å². The third-order valence-electron chi connectivity index (χ3n) is 1.82. The van der Waals surface area contributed by atoms with Crippen molar-refractivity contribution in [1.82, 2.24) is 5.32 Å². The lowest BCUT2D eigenvalue weighted by Crippen LogP contribution is -2.23. The lowest BCUT2D eigenvalue weighted by molar-refractivity contribution is 0.0482. The van der Waals surface area contributed by atoms with E-state index in [0.29, 0.717) is 38.9 Å². The highest BCUT2D eigenvalue weighted by molar-refractivity contribution is 4.67. The number of hydrogen-bond acceptors (Lipinski definition) is 5. The number of hydrogen-bond donors (Lipinski definition) is 1. The average Bonchev–Trinajstić information content (AvgIpc) is 2.99. The van der Waals surface area contributed by atoms with Crippen molar-refractivity contribution in [2.75, 3.05) is 39.9 Å². The van der Waals surface area contributed by atoms with Crippen LogP contribution in [0.1, 0.15) is 0 Å². The lowest BCUT2D eigenvalue weighted by Gasteiger charge is -2.04. The summed E-state index contributed by atoms with van der Waals surface area (Å²) in [6.45, 7) is 4.08. The Labute approximate surface area is 77.3 Å². The van der Waals surface area contributed by atoms with E-state index in [-0.39, 0.29) is 0 Å². The van der Waals surface area contributed by atoms with Crippen LogP contribution in [-0.4, -0.2) is 52.1 Å². The molecule has 2 saturated heterocycles. The van der Waals surface area contributed by atoms with Crippen molar-refractivity contribution >= 4 is 0 Å². The van der Waals surface area contributed by atoms with E-state index in [1.54, 1.807) is 0 Å². The first kappa shape index (κ1) is 9.36. The summed E-state index contributed by atoms with van der Waals surface area (Å²) < 4.78 is 20.4. The van der Waals surface area contributed by atoms with Crippen LogP contribution in [0.2, 0.25) is 0 Å².